The number of hydrogen-bond acceptors (Lipinski definition) is 4. The fourth-order valence-electron chi connectivity index (χ4n) is 2.42. The predicted molar refractivity (Wildman–Crippen MR) is 95.1 cm³/mol. The summed E-state index contributed by atoms with van der Waals surface area (Å²) in [6, 6.07) is 11.9. The minimum Gasteiger partial charge on any atom is -0.497 e. The molecule has 5 heteroatoms. The number of amides is 1. The Morgan fingerprint density at radius 1 is 1.17 bits per heavy atom. The Morgan fingerprint density at radius 2 is 1.96 bits per heavy atom. The first-order valence-corrected chi connectivity index (χ1v) is 8.14. The van der Waals surface area contributed by atoms with E-state index in [0.29, 0.717) is 13.1 Å². The number of carbonyl (C=O) groups is 1. The highest BCUT2D eigenvalue weighted by Gasteiger charge is 2.06. The minimum absolute atomic E-state index is 0.0510. The fourth-order valence-corrected chi connectivity index (χ4v) is 2.42. The first-order chi connectivity index (χ1) is 11.7. The number of nitrogens with zero attached hydrogens (tertiary/aromatic N) is 2. The van der Waals surface area contributed by atoms with Gasteiger partial charge in [-0.2, -0.15) is 0 Å². The van der Waals surface area contributed by atoms with Gasteiger partial charge < -0.3 is 10.1 Å². The standard InChI is InChI=1S/C19H25N3O2/c1-22(13-9-16-6-10-20-11-7-16)15-19(23)21-12-8-17-4-3-5-18(14-17)24-2/h3-7,10-11,14H,8-9,12-13,15H2,1-2H3,(H,21,23). The monoisotopic (exact) mass is 327 g/mol. The maximum atomic E-state index is 12.0. The number of carbonyl (C=O) groups excluding carboxylic acids is 1. The molecule has 0 saturated carbocycles. The number of nitrogens with one attached hydrogen (secondary N) is 1. The third-order valence-corrected chi connectivity index (χ3v) is 3.82. The highest BCUT2D eigenvalue weighted by Crippen LogP contribution is 2.12. The summed E-state index contributed by atoms with van der Waals surface area (Å²) in [6.45, 7) is 1.88. The first-order valence-electron chi connectivity index (χ1n) is 8.14. The molecule has 1 amide bonds. The van der Waals surface area contributed by atoms with Gasteiger partial charge in [-0.3, -0.25) is 14.7 Å². The fraction of sp³-hybridized carbons (Fsp3) is 0.368. The Kier molecular flexibility index (Phi) is 7.23. The Bertz CT molecular complexity index is 632. The largest absolute Gasteiger partial charge is 0.497 e. The maximum absolute atomic E-state index is 12.0. The molecule has 0 aliphatic rings. The summed E-state index contributed by atoms with van der Waals surface area (Å²) >= 11 is 0. The summed E-state index contributed by atoms with van der Waals surface area (Å²) < 4.78 is 5.20. The number of methoxy groups -OCH3 is 1. The van der Waals surface area contributed by atoms with Crippen molar-refractivity contribution in [2.75, 3.05) is 33.8 Å². The van der Waals surface area contributed by atoms with Crippen LogP contribution in [-0.2, 0) is 17.6 Å². The molecule has 0 aliphatic carbocycles. The van der Waals surface area contributed by atoms with Gasteiger partial charge in [0.15, 0.2) is 0 Å². The lowest BCUT2D eigenvalue weighted by Crippen LogP contribution is -2.36. The van der Waals surface area contributed by atoms with Crippen LogP contribution in [0.15, 0.2) is 48.8 Å². The van der Waals surface area contributed by atoms with E-state index in [0.717, 1.165) is 30.7 Å². The molecule has 1 N–H and O–H groups in total. The zero-order chi connectivity index (χ0) is 17.2. The van der Waals surface area contributed by atoms with Gasteiger partial charge in [-0.05, 0) is 55.3 Å². The van der Waals surface area contributed by atoms with E-state index in [2.05, 4.69) is 10.3 Å². The number of hydrogen-bond donors (Lipinski definition) is 1. The highest BCUT2D eigenvalue weighted by atomic mass is 16.5. The van der Waals surface area contributed by atoms with E-state index < -0.39 is 0 Å². The molecule has 24 heavy (non-hydrogen) atoms. The highest BCUT2D eigenvalue weighted by molar-refractivity contribution is 5.77. The van der Waals surface area contributed by atoms with Crippen LogP contribution in [-0.4, -0.2) is 49.6 Å². The van der Waals surface area contributed by atoms with Gasteiger partial charge in [0.2, 0.25) is 5.91 Å². The normalized spacial score (nSPS) is 10.6. The maximum Gasteiger partial charge on any atom is 0.234 e. The Morgan fingerprint density at radius 3 is 2.71 bits per heavy atom. The van der Waals surface area contributed by atoms with E-state index in [9.17, 15) is 4.79 Å². The van der Waals surface area contributed by atoms with Gasteiger partial charge in [0, 0.05) is 25.5 Å². The van der Waals surface area contributed by atoms with Crippen LogP contribution < -0.4 is 10.1 Å². The second kappa shape index (κ2) is 9.67. The lowest BCUT2D eigenvalue weighted by Gasteiger charge is -2.16. The van der Waals surface area contributed by atoms with Gasteiger partial charge in [0.25, 0.3) is 0 Å². The second-order valence-corrected chi connectivity index (χ2v) is 5.79. The van der Waals surface area contributed by atoms with Crippen molar-refractivity contribution in [1.82, 2.24) is 15.2 Å². The average molecular weight is 327 g/mol. The van der Waals surface area contributed by atoms with Crippen LogP contribution in [0.3, 0.4) is 0 Å². The van der Waals surface area contributed by atoms with Gasteiger partial charge in [0.1, 0.15) is 5.75 Å². The molecule has 2 rings (SSSR count). The third kappa shape index (κ3) is 6.38. The lowest BCUT2D eigenvalue weighted by molar-refractivity contribution is -0.121. The van der Waals surface area contributed by atoms with Crippen LogP contribution >= 0.6 is 0 Å². The van der Waals surface area contributed by atoms with E-state index in [1.54, 1.807) is 19.5 Å². The van der Waals surface area contributed by atoms with Crippen molar-refractivity contribution >= 4 is 5.91 Å². The van der Waals surface area contributed by atoms with Crippen LogP contribution in [0.4, 0.5) is 0 Å². The SMILES string of the molecule is COc1cccc(CCNC(=O)CN(C)CCc2ccncc2)c1. The van der Waals surface area contributed by atoms with E-state index in [-0.39, 0.29) is 5.91 Å². The Balaban J connectivity index is 1.65. The van der Waals surface area contributed by atoms with Crippen molar-refractivity contribution in [2.45, 2.75) is 12.8 Å². The molecule has 1 aromatic carbocycles. The molecule has 0 atom stereocenters. The summed E-state index contributed by atoms with van der Waals surface area (Å²) in [4.78, 5) is 18.0. The van der Waals surface area contributed by atoms with Crippen LogP contribution in [0.2, 0.25) is 0 Å². The zero-order valence-electron chi connectivity index (χ0n) is 14.4. The van der Waals surface area contributed by atoms with Gasteiger partial charge in [-0.1, -0.05) is 12.1 Å². The van der Waals surface area contributed by atoms with E-state index >= 15 is 0 Å². The summed E-state index contributed by atoms with van der Waals surface area (Å²) in [6.07, 6.45) is 5.29. The summed E-state index contributed by atoms with van der Waals surface area (Å²) in [7, 11) is 3.62. The van der Waals surface area contributed by atoms with Gasteiger partial charge >= 0.3 is 0 Å². The molecule has 0 bridgehead atoms. The van der Waals surface area contributed by atoms with Crippen molar-refractivity contribution in [3.05, 3.63) is 59.9 Å². The molecule has 2 aromatic rings. The number of benzene rings is 1. The van der Waals surface area contributed by atoms with Crippen LogP contribution in [0.5, 0.6) is 5.75 Å². The van der Waals surface area contributed by atoms with Crippen molar-refractivity contribution in [3.63, 3.8) is 0 Å². The number of aromatic nitrogens is 1. The van der Waals surface area contributed by atoms with E-state index in [1.807, 2.05) is 48.3 Å². The topological polar surface area (TPSA) is 54.5 Å². The van der Waals surface area contributed by atoms with Crippen molar-refractivity contribution in [1.29, 1.82) is 0 Å². The molecule has 5 nitrogen and oxygen atoms in total. The molecular formula is C19H25N3O2. The average Bonchev–Trinajstić information content (AvgIpc) is 2.61. The molecule has 0 saturated heterocycles. The Hall–Kier alpha value is -2.40. The van der Waals surface area contributed by atoms with Crippen molar-refractivity contribution < 1.29 is 9.53 Å². The van der Waals surface area contributed by atoms with Gasteiger partial charge in [-0.15, -0.1) is 0 Å². The number of pyridine rings is 1. The second-order valence-electron chi connectivity index (χ2n) is 5.79. The minimum atomic E-state index is 0.0510. The molecule has 0 radical (unpaired) electrons. The number of likely N-dealkylation sites (N-methyl/N-ethyl adjacent to an activating group) is 1. The Labute approximate surface area is 143 Å². The van der Waals surface area contributed by atoms with E-state index in [1.165, 1.54) is 5.56 Å². The zero-order valence-corrected chi connectivity index (χ0v) is 14.4. The third-order valence-electron chi connectivity index (χ3n) is 3.82. The molecule has 0 fully saturated rings. The number of rotatable bonds is 9. The van der Waals surface area contributed by atoms with Gasteiger partial charge in [-0.25, -0.2) is 0 Å². The lowest BCUT2D eigenvalue weighted by atomic mass is 10.1. The quantitative estimate of drug-likeness (QED) is 0.764. The molecule has 1 aromatic heterocycles. The van der Waals surface area contributed by atoms with Crippen LogP contribution in [0.25, 0.3) is 0 Å². The summed E-state index contributed by atoms with van der Waals surface area (Å²) in [5, 5.41) is 2.97. The van der Waals surface area contributed by atoms with Gasteiger partial charge in [0.05, 0.1) is 13.7 Å². The first kappa shape index (κ1) is 17.9. The van der Waals surface area contributed by atoms with Crippen molar-refractivity contribution in [2.24, 2.45) is 0 Å². The molecule has 0 unspecified atom stereocenters. The number of ether oxygens (including phenoxy) is 1. The molecule has 1 heterocycles. The predicted octanol–water partition coefficient (Wildman–Crippen LogP) is 1.92. The molecule has 0 aliphatic heterocycles. The molecular weight excluding hydrogens is 302 g/mol. The summed E-state index contributed by atoms with van der Waals surface area (Å²) in [5.41, 5.74) is 2.39. The molecule has 0 spiro atoms. The van der Waals surface area contributed by atoms with E-state index in [4.69, 9.17) is 4.74 Å². The van der Waals surface area contributed by atoms with Crippen LogP contribution in [0.1, 0.15) is 11.1 Å². The van der Waals surface area contributed by atoms with Crippen LogP contribution in [0, 0.1) is 0 Å². The summed E-state index contributed by atoms with van der Waals surface area (Å²) in [5.74, 6) is 0.893. The smallest absolute Gasteiger partial charge is 0.234 e. The van der Waals surface area contributed by atoms with Crippen molar-refractivity contribution in [3.8, 4) is 5.75 Å². The molecule has 128 valence electrons.